The predicted molar refractivity (Wildman–Crippen MR) is 102 cm³/mol. The van der Waals surface area contributed by atoms with Gasteiger partial charge in [-0.25, -0.2) is 13.2 Å². The lowest BCUT2D eigenvalue weighted by atomic mass is 9.91. The molecule has 1 aliphatic heterocycles. The average molecular weight is 399 g/mol. The first-order valence-electron chi connectivity index (χ1n) is 8.11. The average Bonchev–Trinajstić information content (AvgIpc) is 3.22. The highest BCUT2D eigenvalue weighted by Gasteiger charge is 2.38. The molecule has 0 bridgehead atoms. The highest BCUT2D eigenvalue weighted by atomic mass is 32.2. The molecular formula is C17H22N2O3S3. The van der Waals surface area contributed by atoms with Gasteiger partial charge in [0, 0.05) is 22.4 Å². The number of amides is 2. The van der Waals surface area contributed by atoms with Crippen LogP contribution in [0.1, 0.15) is 43.7 Å². The zero-order valence-electron chi connectivity index (χ0n) is 14.4. The van der Waals surface area contributed by atoms with Gasteiger partial charge in [-0.3, -0.25) is 0 Å². The molecule has 25 heavy (non-hydrogen) atoms. The first kappa shape index (κ1) is 18.4. The summed E-state index contributed by atoms with van der Waals surface area (Å²) in [6, 6.07) is 5.33. The summed E-state index contributed by atoms with van der Waals surface area (Å²) < 4.78 is 25.1. The summed E-state index contributed by atoms with van der Waals surface area (Å²) in [5.41, 5.74) is 0.554. The van der Waals surface area contributed by atoms with E-state index < -0.39 is 15.1 Å². The Morgan fingerprint density at radius 2 is 2.04 bits per heavy atom. The molecule has 3 rings (SSSR count). The van der Waals surface area contributed by atoms with Crippen molar-refractivity contribution in [1.29, 1.82) is 0 Å². The van der Waals surface area contributed by atoms with Crippen LogP contribution in [0.4, 0.5) is 4.79 Å². The van der Waals surface area contributed by atoms with Crippen molar-refractivity contribution in [2.75, 3.05) is 6.54 Å². The van der Waals surface area contributed by atoms with Crippen molar-refractivity contribution in [3.63, 3.8) is 0 Å². The van der Waals surface area contributed by atoms with Gasteiger partial charge in [-0.2, -0.15) is 0 Å². The molecular weight excluding hydrogens is 376 g/mol. The minimum absolute atomic E-state index is 0.151. The van der Waals surface area contributed by atoms with E-state index in [1.54, 1.807) is 29.7 Å². The van der Waals surface area contributed by atoms with Gasteiger partial charge in [0.1, 0.15) is 4.21 Å². The number of sulfone groups is 1. The fourth-order valence-corrected chi connectivity index (χ4v) is 7.04. The van der Waals surface area contributed by atoms with Crippen molar-refractivity contribution < 1.29 is 13.2 Å². The monoisotopic (exact) mass is 398 g/mol. The molecule has 0 aromatic carbocycles. The molecule has 0 radical (unpaired) electrons. The third kappa shape index (κ3) is 3.61. The number of hydrogen-bond acceptors (Lipinski definition) is 5. The fourth-order valence-electron chi connectivity index (χ4n) is 2.96. The van der Waals surface area contributed by atoms with Crippen LogP contribution in [-0.2, 0) is 15.3 Å². The lowest BCUT2D eigenvalue weighted by molar-refractivity contribution is 0.233. The number of urea groups is 1. The summed E-state index contributed by atoms with van der Waals surface area (Å²) >= 11 is 2.90. The molecule has 1 aliphatic rings. The van der Waals surface area contributed by atoms with Crippen LogP contribution in [0.15, 0.2) is 33.2 Å². The summed E-state index contributed by atoms with van der Waals surface area (Å²) in [4.78, 5) is 13.6. The van der Waals surface area contributed by atoms with E-state index in [4.69, 9.17) is 0 Å². The van der Waals surface area contributed by atoms with Crippen LogP contribution in [0.25, 0.3) is 0 Å². The molecule has 0 aliphatic carbocycles. The van der Waals surface area contributed by atoms with Crippen molar-refractivity contribution in [2.45, 2.75) is 48.1 Å². The second kappa shape index (κ2) is 6.74. The van der Waals surface area contributed by atoms with Gasteiger partial charge in [-0.15, -0.1) is 22.7 Å². The normalized spacial score (nSPS) is 22.2. The first-order valence-corrected chi connectivity index (χ1v) is 11.4. The van der Waals surface area contributed by atoms with Crippen LogP contribution in [0.5, 0.6) is 0 Å². The number of thiophene rings is 2. The number of nitrogens with one attached hydrogen (secondary N) is 2. The zero-order valence-corrected chi connectivity index (χ0v) is 16.9. The molecule has 3 heterocycles. The molecule has 0 unspecified atom stereocenters. The SMILES string of the molecule is C[C@H]1C[C@H](NC(=O)NCC(C)(C)c2cccs2)c2ccsc2S1(=O)=O. The Morgan fingerprint density at radius 1 is 1.28 bits per heavy atom. The van der Waals surface area contributed by atoms with Crippen LogP contribution in [0, 0.1) is 0 Å². The highest BCUT2D eigenvalue weighted by molar-refractivity contribution is 7.94. The highest BCUT2D eigenvalue weighted by Crippen LogP contribution is 2.39. The fraction of sp³-hybridized carbons (Fsp3) is 0.471. The zero-order chi connectivity index (χ0) is 18.2. The first-order chi connectivity index (χ1) is 11.7. The van der Waals surface area contributed by atoms with Crippen LogP contribution >= 0.6 is 22.7 Å². The number of fused-ring (bicyclic) bond motifs is 1. The van der Waals surface area contributed by atoms with Gasteiger partial charge in [0.05, 0.1) is 11.3 Å². The van der Waals surface area contributed by atoms with Gasteiger partial charge in [-0.05, 0) is 36.2 Å². The molecule has 8 heteroatoms. The van der Waals surface area contributed by atoms with Crippen LogP contribution < -0.4 is 10.6 Å². The van der Waals surface area contributed by atoms with E-state index in [0.29, 0.717) is 22.7 Å². The summed E-state index contributed by atoms with van der Waals surface area (Å²) in [7, 11) is -3.26. The minimum atomic E-state index is -3.26. The molecule has 136 valence electrons. The van der Waals surface area contributed by atoms with Gasteiger partial charge < -0.3 is 10.6 Å². The largest absolute Gasteiger partial charge is 0.337 e. The number of rotatable bonds is 4. The third-order valence-electron chi connectivity index (χ3n) is 4.57. The van der Waals surface area contributed by atoms with E-state index in [1.165, 1.54) is 16.2 Å². The van der Waals surface area contributed by atoms with Crippen molar-refractivity contribution in [3.8, 4) is 0 Å². The minimum Gasteiger partial charge on any atom is -0.337 e. The molecule has 2 aromatic rings. The van der Waals surface area contributed by atoms with E-state index >= 15 is 0 Å². The van der Waals surface area contributed by atoms with E-state index in [1.807, 2.05) is 11.4 Å². The van der Waals surface area contributed by atoms with Crippen molar-refractivity contribution in [1.82, 2.24) is 10.6 Å². The summed E-state index contributed by atoms with van der Waals surface area (Å²) in [5.74, 6) is 0. The van der Waals surface area contributed by atoms with Gasteiger partial charge in [0.2, 0.25) is 0 Å². The number of carbonyl (C=O) groups excluding carboxylic acids is 1. The van der Waals surface area contributed by atoms with Crippen LogP contribution in [-0.4, -0.2) is 26.2 Å². The maximum Gasteiger partial charge on any atom is 0.315 e. The lowest BCUT2D eigenvalue weighted by Gasteiger charge is -2.29. The van der Waals surface area contributed by atoms with Gasteiger partial charge in [0.25, 0.3) is 0 Å². The van der Waals surface area contributed by atoms with Crippen molar-refractivity contribution in [2.24, 2.45) is 0 Å². The molecule has 0 saturated heterocycles. The Morgan fingerprint density at radius 3 is 2.72 bits per heavy atom. The van der Waals surface area contributed by atoms with E-state index in [2.05, 4.69) is 30.5 Å². The van der Waals surface area contributed by atoms with Crippen molar-refractivity contribution >= 4 is 38.5 Å². The number of hydrogen-bond donors (Lipinski definition) is 2. The summed E-state index contributed by atoms with van der Waals surface area (Å²) in [6.07, 6.45) is 0.397. The summed E-state index contributed by atoms with van der Waals surface area (Å²) in [6.45, 7) is 6.39. The van der Waals surface area contributed by atoms with Crippen molar-refractivity contribution in [3.05, 3.63) is 39.4 Å². The van der Waals surface area contributed by atoms with E-state index in [0.717, 1.165) is 0 Å². The maximum absolute atomic E-state index is 12.4. The molecule has 0 saturated carbocycles. The third-order valence-corrected chi connectivity index (χ3v) is 9.52. The Balaban J connectivity index is 1.66. The lowest BCUT2D eigenvalue weighted by Crippen LogP contribution is -2.45. The molecule has 2 atom stereocenters. The second-order valence-electron chi connectivity index (χ2n) is 7.00. The smallest absolute Gasteiger partial charge is 0.315 e. The Bertz CT molecular complexity index is 854. The maximum atomic E-state index is 12.4. The van der Waals surface area contributed by atoms with Gasteiger partial charge in [-0.1, -0.05) is 19.9 Å². The molecule has 0 fully saturated rings. The number of carbonyl (C=O) groups is 1. The molecule has 2 amide bonds. The molecule has 2 N–H and O–H groups in total. The van der Waals surface area contributed by atoms with E-state index in [-0.39, 0.29) is 17.5 Å². The Labute approximate surface area is 156 Å². The summed E-state index contributed by atoms with van der Waals surface area (Å²) in [5, 5.41) is 9.17. The molecule has 2 aromatic heterocycles. The van der Waals surface area contributed by atoms with Crippen LogP contribution in [0.3, 0.4) is 0 Å². The molecule has 0 spiro atoms. The Hall–Kier alpha value is -1.38. The Kier molecular flexibility index (Phi) is 4.96. The quantitative estimate of drug-likeness (QED) is 0.825. The molecule has 5 nitrogen and oxygen atoms in total. The second-order valence-corrected chi connectivity index (χ2v) is 11.4. The topological polar surface area (TPSA) is 75.3 Å². The van der Waals surface area contributed by atoms with Crippen LogP contribution in [0.2, 0.25) is 0 Å². The van der Waals surface area contributed by atoms with Gasteiger partial charge in [0.15, 0.2) is 9.84 Å². The predicted octanol–water partition coefficient (Wildman–Crippen LogP) is 3.69. The van der Waals surface area contributed by atoms with Gasteiger partial charge >= 0.3 is 6.03 Å². The standard InChI is InChI=1S/C17H22N2O3S3/c1-11-9-13(12-6-8-24-15(12)25(11,21)22)19-16(20)18-10-17(2,3)14-5-4-7-23-14/h4-8,11,13H,9-10H2,1-3H3,(H2,18,19,20)/t11-,13-/m0/s1. The van der Waals surface area contributed by atoms with E-state index in [9.17, 15) is 13.2 Å².